The van der Waals surface area contributed by atoms with Gasteiger partial charge in [-0.2, -0.15) is 0 Å². The number of rotatable bonds is 13. The van der Waals surface area contributed by atoms with Gasteiger partial charge >= 0.3 is 0 Å². The first-order valence-corrected chi connectivity index (χ1v) is 16.4. The summed E-state index contributed by atoms with van der Waals surface area (Å²) in [5.41, 5.74) is 8.73. The van der Waals surface area contributed by atoms with Gasteiger partial charge in [0.1, 0.15) is 6.61 Å². The fourth-order valence-electron chi connectivity index (χ4n) is 6.53. The van der Waals surface area contributed by atoms with Gasteiger partial charge in [0.15, 0.2) is 0 Å². The molecule has 2 aliphatic rings. The zero-order chi connectivity index (χ0) is 28.6. The molecule has 0 spiro atoms. The van der Waals surface area contributed by atoms with Gasteiger partial charge in [-0.3, -0.25) is 4.98 Å². The van der Waals surface area contributed by atoms with E-state index >= 15 is 0 Å². The lowest BCUT2D eigenvalue weighted by molar-refractivity contribution is 0.291. The van der Waals surface area contributed by atoms with Gasteiger partial charge < -0.3 is 15.4 Å². The molecule has 0 aliphatic heterocycles. The molecule has 2 aliphatic carbocycles. The SMILES string of the molecule is Clc1ccc2c(NCCCCCCCN[C@H]3CCCc4nc(OCc5ccccc5)ccc43)c3c(nc2c1)CCCC3. The quantitative estimate of drug-likeness (QED) is 0.154. The summed E-state index contributed by atoms with van der Waals surface area (Å²) in [7, 11) is 0. The molecule has 220 valence electrons. The number of hydrogen-bond acceptors (Lipinski definition) is 5. The van der Waals surface area contributed by atoms with Crippen LogP contribution in [0.1, 0.15) is 91.9 Å². The number of benzene rings is 2. The number of pyridine rings is 2. The van der Waals surface area contributed by atoms with Crippen LogP contribution in [0.3, 0.4) is 0 Å². The Balaban J connectivity index is 0.910. The van der Waals surface area contributed by atoms with E-state index in [4.69, 9.17) is 26.3 Å². The second-order valence-corrected chi connectivity index (χ2v) is 12.3. The molecular weight excluding hydrogens is 540 g/mol. The topological polar surface area (TPSA) is 59.1 Å². The normalized spacial score (nSPS) is 16.2. The van der Waals surface area contributed by atoms with Gasteiger partial charge in [0.2, 0.25) is 5.88 Å². The van der Waals surface area contributed by atoms with E-state index in [0.29, 0.717) is 12.6 Å². The van der Waals surface area contributed by atoms with E-state index in [1.54, 1.807) is 0 Å². The van der Waals surface area contributed by atoms with Crippen LogP contribution in [0.15, 0.2) is 60.7 Å². The number of nitrogens with zero attached hydrogens (tertiary/aromatic N) is 2. The van der Waals surface area contributed by atoms with Crippen LogP contribution in [0.25, 0.3) is 10.9 Å². The van der Waals surface area contributed by atoms with Crippen LogP contribution in [0.4, 0.5) is 5.69 Å². The molecule has 6 heteroatoms. The smallest absolute Gasteiger partial charge is 0.213 e. The Morgan fingerprint density at radius 1 is 0.786 bits per heavy atom. The second kappa shape index (κ2) is 14.3. The molecule has 5 nitrogen and oxygen atoms in total. The Hall–Kier alpha value is -3.15. The first-order valence-electron chi connectivity index (χ1n) is 16.0. The van der Waals surface area contributed by atoms with Crippen LogP contribution in [-0.4, -0.2) is 23.1 Å². The summed E-state index contributed by atoms with van der Waals surface area (Å²) in [5.74, 6) is 0.731. The maximum Gasteiger partial charge on any atom is 0.213 e. The van der Waals surface area contributed by atoms with Crippen LogP contribution in [0.5, 0.6) is 5.88 Å². The van der Waals surface area contributed by atoms with Crippen molar-refractivity contribution in [1.29, 1.82) is 0 Å². The summed E-state index contributed by atoms with van der Waals surface area (Å²) in [6.45, 7) is 2.63. The highest BCUT2D eigenvalue weighted by atomic mass is 35.5. The van der Waals surface area contributed by atoms with Crippen molar-refractivity contribution in [2.75, 3.05) is 18.4 Å². The average molecular weight is 583 g/mol. The van der Waals surface area contributed by atoms with Crippen molar-refractivity contribution in [2.45, 2.75) is 89.7 Å². The monoisotopic (exact) mass is 582 g/mol. The first-order chi connectivity index (χ1) is 20.7. The van der Waals surface area contributed by atoms with E-state index in [1.807, 2.05) is 36.4 Å². The maximum atomic E-state index is 6.28. The van der Waals surface area contributed by atoms with Crippen molar-refractivity contribution in [3.63, 3.8) is 0 Å². The summed E-state index contributed by atoms with van der Waals surface area (Å²) in [4.78, 5) is 9.81. The van der Waals surface area contributed by atoms with Crippen LogP contribution in [0.2, 0.25) is 5.02 Å². The van der Waals surface area contributed by atoms with Gasteiger partial charge in [0.05, 0.1) is 5.52 Å². The number of aryl methyl sites for hydroxylation is 2. The Morgan fingerprint density at radius 3 is 2.50 bits per heavy atom. The summed E-state index contributed by atoms with van der Waals surface area (Å²) < 4.78 is 5.98. The van der Waals surface area contributed by atoms with Gasteiger partial charge in [-0.15, -0.1) is 0 Å². The molecule has 4 aromatic rings. The maximum absolute atomic E-state index is 6.28. The van der Waals surface area contributed by atoms with Gasteiger partial charge in [-0.05, 0) is 99.2 Å². The number of halogens is 1. The van der Waals surface area contributed by atoms with Gasteiger partial charge in [0.25, 0.3) is 0 Å². The number of unbranched alkanes of at least 4 members (excludes halogenated alkanes) is 4. The Morgan fingerprint density at radius 2 is 1.60 bits per heavy atom. The number of fused-ring (bicyclic) bond motifs is 3. The first kappa shape index (κ1) is 28.9. The molecule has 2 N–H and O–H groups in total. The van der Waals surface area contributed by atoms with Gasteiger partial charge in [-0.25, -0.2) is 4.98 Å². The minimum atomic E-state index is 0.407. The standard InChI is InChI=1S/C36H43ClN4O/c37-27-18-19-30-34(24-27)40-33-15-8-7-14-29(33)36(30)39-23-10-3-1-2-9-22-38-31-16-11-17-32-28(31)20-21-35(41-32)42-25-26-12-5-4-6-13-26/h4-6,12-13,18-21,24,31,38H,1-3,7-11,14-17,22-23,25H2,(H,39,40)/t31-/m0/s1. The van der Waals surface area contributed by atoms with Crippen LogP contribution in [-0.2, 0) is 25.9 Å². The molecule has 2 heterocycles. The highest BCUT2D eigenvalue weighted by Crippen LogP contribution is 2.34. The van der Waals surface area contributed by atoms with E-state index < -0.39 is 0 Å². The van der Waals surface area contributed by atoms with E-state index in [0.717, 1.165) is 48.8 Å². The van der Waals surface area contributed by atoms with Crippen molar-refractivity contribution in [1.82, 2.24) is 15.3 Å². The fourth-order valence-corrected chi connectivity index (χ4v) is 6.70. The zero-order valence-electron chi connectivity index (χ0n) is 24.6. The molecule has 0 unspecified atom stereocenters. The van der Waals surface area contributed by atoms with Crippen molar-refractivity contribution in [3.8, 4) is 5.88 Å². The highest BCUT2D eigenvalue weighted by molar-refractivity contribution is 6.31. The predicted molar refractivity (Wildman–Crippen MR) is 174 cm³/mol. The lowest BCUT2D eigenvalue weighted by atomic mass is 9.91. The number of hydrogen-bond donors (Lipinski definition) is 2. The molecular formula is C36H43ClN4O. The number of nitrogens with one attached hydrogen (secondary N) is 2. The summed E-state index contributed by atoms with van der Waals surface area (Å²) in [5, 5.41) is 9.59. The summed E-state index contributed by atoms with van der Waals surface area (Å²) in [6, 6.07) is 21.1. The Labute approximate surface area is 255 Å². The Bertz CT molecular complexity index is 1470. The average Bonchev–Trinajstić information content (AvgIpc) is 3.02. The highest BCUT2D eigenvalue weighted by Gasteiger charge is 2.21. The van der Waals surface area contributed by atoms with Crippen molar-refractivity contribution in [2.24, 2.45) is 0 Å². The molecule has 0 radical (unpaired) electrons. The third kappa shape index (κ3) is 7.25. The molecule has 0 fully saturated rings. The molecule has 0 amide bonds. The van der Waals surface area contributed by atoms with Crippen molar-refractivity contribution in [3.05, 3.63) is 93.8 Å². The number of aromatic nitrogens is 2. The fraction of sp³-hybridized carbons (Fsp3) is 0.444. The lowest BCUT2D eigenvalue weighted by Gasteiger charge is -2.26. The van der Waals surface area contributed by atoms with Crippen molar-refractivity contribution < 1.29 is 4.74 Å². The summed E-state index contributed by atoms with van der Waals surface area (Å²) in [6.07, 6.45) is 14.3. The predicted octanol–water partition coefficient (Wildman–Crippen LogP) is 8.77. The lowest BCUT2D eigenvalue weighted by Crippen LogP contribution is -2.26. The molecule has 2 aromatic carbocycles. The van der Waals surface area contributed by atoms with E-state index in [9.17, 15) is 0 Å². The molecule has 42 heavy (non-hydrogen) atoms. The molecule has 0 saturated carbocycles. The molecule has 2 aromatic heterocycles. The van der Waals surface area contributed by atoms with Crippen LogP contribution in [0, 0.1) is 0 Å². The zero-order valence-corrected chi connectivity index (χ0v) is 25.4. The van der Waals surface area contributed by atoms with Gasteiger partial charge in [-0.1, -0.05) is 67.3 Å². The second-order valence-electron chi connectivity index (χ2n) is 11.8. The third-order valence-corrected chi connectivity index (χ3v) is 9.00. The minimum Gasteiger partial charge on any atom is -0.473 e. The summed E-state index contributed by atoms with van der Waals surface area (Å²) >= 11 is 6.28. The van der Waals surface area contributed by atoms with E-state index in [-0.39, 0.29) is 0 Å². The minimum absolute atomic E-state index is 0.407. The molecule has 0 saturated heterocycles. The number of ether oxygens (including phenoxy) is 1. The largest absolute Gasteiger partial charge is 0.473 e. The van der Waals surface area contributed by atoms with Crippen molar-refractivity contribution >= 4 is 28.2 Å². The van der Waals surface area contributed by atoms with E-state index in [2.05, 4.69) is 34.9 Å². The van der Waals surface area contributed by atoms with Crippen LogP contribution < -0.4 is 15.4 Å². The Kier molecular flexibility index (Phi) is 9.89. The van der Waals surface area contributed by atoms with Gasteiger partial charge in [0, 0.05) is 46.1 Å². The third-order valence-electron chi connectivity index (χ3n) is 8.77. The van der Waals surface area contributed by atoms with Crippen LogP contribution >= 0.6 is 11.6 Å². The van der Waals surface area contributed by atoms with E-state index in [1.165, 1.54) is 96.9 Å². The molecule has 1 atom stereocenters. The molecule has 0 bridgehead atoms. The number of anilines is 1. The molecule has 6 rings (SSSR count).